The fourth-order valence-electron chi connectivity index (χ4n) is 1.86. The first-order valence-corrected chi connectivity index (χ1v) is 7.79. The zero-order valence-corrected chi connectivity index (χ0v) is 12.0. The third-order valence-electron chi connectivity index (χ3n) is 3.00. The molecule has 2 aromatic rings. The van der Waals surface area contributed by atoms with E-state index in [1.807, 2.05) is 23.3 Å². The molecule has 18 heavy (non-hydrogen) atoms. The molecule has 3 nitrogen and oxygen atoms in total. The fourth-order valence-corrected chi connectivity index (χ4v) is 3.61. The lowest BCUT2D eigenvalue weighted by atomic mass is 10.1. The van der Waals surface area contributed by atoms with E-state index in [2.05, 4.69) is 41.3 Å². The number of hydrogen-bond donors (Lipinski definition) is 1. The minimum atomic E-state index is 0.611. The summed E-state index contributed by atoms with van der Waals surface area (Å²) in [6, 6.07) is 6.25. The number of nitrogens with zero attached hydrogens (tertiary/aromatic N) is 2. The molecule has 2 heterocycles. The van der Waals surface area contributed by atoms with Gasteiger partial charge in [0.05, 0.1) is 22.3 Å². The van der Waals surface area contributed by atoms with Crippen molar-refractivity contribution in [3.8, 4) is 0 Å². The third kappa shape index (κ3) is 2.37. The Morgan fingerprint density at radius 1 is 1.39 bits per heavy atom. The number of anilines is 1. The highest BCUT2D eigenvalue weighted by molar-refractivity contribution is 8.15. The van der Waals surface area contributed by atoms with Crippen LogP contribution in [0.5, 0.6) is 0 Å². The Balaban J connectivity index is 1.73. The van der Waals surface area contributed by atoms with Gasteiger partial charge in [0.15, 0.2) is 5.17 Å². The van der Waals surface area contributed by atoms with E-state index in [-0.39, 0.29) is 0 Å². The van der Waals surface area contributed by atoms with Gasteiger partial charge in [0.2, 0.25) is 0 Å². The molecule has 0 amide bonds. The number of rotatable bonds is 2. The van der Waals surface area contributed by atoms with Crippen molar-refractivity contribution in [1.82, 2.24) is 4.98 Å². The zero-order chi connectivity index (χ0) is 12.5. The molecule has 0 saturated heterocycles. The number of amidine groups is 1. The van der Waals surface area contributed by atoms with Crippen LogP contribution < -0.4 is 5.32 Å². The van der Waals surface area contributed by atoms with Gasteiger partial charge in [0, 0.05) is 10.9 Å². The minimum Gasteiger partial charge on any atom is -0.335 e. The van der Waals surface area contributed by atoms with Crippen LogP contribution in [-0.2, 0) is 0 Å². The Hall–Kier alpha value is -1.07. The number of aliphatic imine (C=N–C) groups is 1. The van der Waals surface area contributed by atoms with Gasteiger partial charge in [-0.05, 0) is 24.1 Å². The van der Waals surface area contributed by atoms with Crippen LogP contribution in [0.2, 0.25) is 0 Å². The molecule has 0 aliphatic carbocycles. The standard InChI is InChI=1S/C13H15N3S2/c1-8(2)12-6-14-13(18-12)16-9-3-4-10-11(5-9)17-7-15-10/h3-5,7-8,12H,6H2,1-2H3,(H,14,16). The van der Waals surface area contributed by atoms with Crippen molar-refractivity contribution >= 4 is 44.2 Å². The number of nitrogens with one attached hydrogen (secondary N) is 1. The summed E-state index contributed by atoms with van der Waals surface area (Å²) in [6.07, 6.45) is 0. The Morgan fingerprint density at radius 2 is 2.28 bits per heavy atom. The largest absolute Gasteiger partial charge is 0.335 e. The SMILES string of the molecule is CC(C)C1CN=C(Nc2ccc3ncsc3c2)S1. The molecule has 94 valence electrons. The molecule has 1 N–H and O–H groups in total. The van der Waals surface area contributed by atoms with E-state index in [1.54, 1.807) is 11.3 Å². The number of benzene rings is 1. The first kappa shape index (κ1) is 12.0. The van der Waals surface area contributed by atoms with Crippen LogP contribution >= 0.6 is 23.1 Å². The normalized spacial score (nSPS) is 19.5. The minimum absolute atomic E-state index is 0.611. The van der Waals surface area contributed by atoms with Crippen LogP contribution in [-0.4, -0.2) is 21.9 Å². The molecule has 1 aliphatic heterocycles. The van der Waals surface area contributed by atoms with Crippen molar-refractivity contribution in [2.45, 2.75) is 19.1 Å². The van der Waals surface area contributed by atoms with Gasteiger partial charge in [-0.3, -0.25) is 4.99 Å². The third-order valence-corrected chi connectivity index (χ3v) is 5.25. The van der Waals surface area contributed by atoms with Gasteiger partial charge in [0.1, 0.15) is 0 Å². The van der Waals surface area contributed by atoms with E-state index in [1.165, 1.54) is 4.70 Å². The quantitative estimate of drug-likeness (QED) is 0.906. The monoisotopic (exact) mass is 277 g/mol. The van der Waals surface area contributed by atoms with E-state index < -0.39 is 0 Å². The maximum atomic E-state index is 4.56. The fraction of sp³-hybridized carbons (Fsp3) is 0.385. The number of hydrogen-bond acceptors (Lipinski definition) is 5. The van der Waals surface area contributed by atoms with Crippen LogP contribution in [0.1, 0.15) is 13.8 Å². The van der Waals surface area contributed by atoms with Gasteiger partial charge in [0.25, 0.3) is 0 Å². The lowest BCUT2D eigenvalue weighted by Crippen LogP contribution is -2.13. The average Bonchev–Trinajstić information content (AvgIpc) is 2.96. The summed E-state index contributed by atoms with van der Waals surface area (Å²) in [6.45, 7) is 5.42. The van der Waals surface area contributed by atoms with Gasteiger partial charge in [-0.25, -0.2) is 4.98 Å². The Labute approximate surface area is 115 Å². The van der Waals surface area contributed by atoms with Crippen LogP contribution in [0.4, 0.5) is 5.69 Å². The van der Waals surface area contributed by atoms with Crippen molar-refractivity contribution in [2.75, 3.05) is 11.9 Å². The summed E-state index contributed by atoms with van der Waals surface area (Å²) in [4.78, 5) is 8.84. The second-order valence-corrected chi connectivity index (χ2v) is 6.82. The second kappa shape index (κ2) is 4.90. The molecular formula is C13H15N3S2. The molecule has 1 unspecified atom stereocenters. The molecule has 1 atom stereocenters. The first-order chi connectivity index (χ1) is 8.72. The lowest BCUT2D eigenvalue weighted by molar-refractivity contribution is 0.621. The summed E-state index contributed by atoms with van der Waals surface area (Å²) >= 11 is 3.51. The number of aromatic nitrogens is 1. The summed E-state index contributed by atoms with van der Waals surface area (Å²) < 4.78 is 1.21. The van der Waals surface area contributed by atoms with E-state index in [9.17, 15) is 0 Å². The smallest absolute Gasteiger partial charge is 0.161 e. The van der Waals surface area contributed by atoms with Crippen molar-refractivity contribution in [2.24, 2.45) is 10.9 Å². The van der Waals surface area contributed by atoms with Crippen LogP contribution in [0.25, 0.3) is 10.2 Å². The molecule has 5 heteroatoms. The highest BCUT2D eigenvalue weighted by Gasteiger charge is 2.22. The summed E-state index contributed by atoms with van der Waals surface area (Å²) in [5.74, 6) is 0.669. The van der Waals surface area contributed by atoms with Crippen LogP contribution in [0, 0.1) is 5.92 Å². The Kier molecular flexibility index (Phi) is 3.26. The van der Waals surface area contributed by atoms with Crippen molar-refractivity contribution in [1.29, 1.82) is 0 Å². The number of thioether (sulfide) groups is 1. The predicted octanol–water partition coefficient (Wildman–Crippen LogP) is 3.84. The Morgan fingerprint density at radius 3 is 3.06 bits per heavy atom. The maximum Gasteiger partial charge on any atom is 0.161 e. The number of fused-ring (bicyclic) bond motifs is 1. The van der Waals surface area contributed by atoms with E-state index in [0.29, 0.717) is 11.2 Å². The Bertz CT molecular complexity index is 589. The van der Waals surface area contributed by atoms with Crippen molar-refractivity contribution in [3.63, 3.8) is 0 Å². The molecule has 1 aromatic carbocycles. The molecule has 0 spiro atoms. The molecule has 0 radical (unpaired) electrons. The average molecular weight is 277 g/mol. The topological polar surface area (TPSA) is 37.3 Å². The van der Waals surface area contributed by atoms with E-state index in [0.717, 1.165) is 22.9 Å². The molecular weight excluding hydrogens is 262 g/mol. The van der Waals surface area contributed by atoms with Crippen LogP contribution in [0.3, 0.4) is 0 Å². The lowest BCUT2D eigenvalue weighted by Gasteiger charge is -2.12. The van der Waals surface area contributed by atoms with Gasteiger partial charge in [-0.15, -0.1) is 11.3 Å². The maximum absolute atomic E-state index is 4.56. The van der Waals surface area contributed by atoms with Crippen molar-refractivity contribution < 1.29 is 0 Å². The molecule has 1 aromatic heterocycles. The molecule has 3 rings (SSSR count). The van der Waals surface area contributed by atoms with Gasteiger partial charge in [-0.1, -0.05) is 25.6 Å². The second-order valence-electron chi connectivity index (χ2n) is 4.71. The summed E-state index contributed by atoms with van der Waals surface area (Å²) in [7, 11) is 0. The highest BCUT2D eigenvalue weighted by Crippen LogP contribution is 2.29. The van der Waals surface area contributed by atoms with Crippen molar-refractivity contribution in [3.05, 3.63) is 23.7 Å². The molecule has 0 fully saturated rings. The molecule has 0 saturated carbocycles. The van der Waals surface area contributed by atoms with E-state index >= 15 is 0 Å². The first-order valence-electron chi connectivity index (χ1n) is 6.04. The zero-order valence-electron chi connectivity index (χ0n) is 10.4. The predicted molar refractivity (Wildman–Crippen MR) is 81.8 cm³/mol. The molecule has 0 bridgehead atoms. The highest BCUT2D eigenvalue weighted by atomic mass is 32.2. The summed E-state index contributed by atoms with van der Waals surface area (Å²) in [5.41, 5.74) is 4.04. The van der Waals surface area contributed by atoms with Crippen LogP contribution in [0.15, 0.2) is 28.7 Å². The summed E-state index contributed by atoms with van der Waals surface area (Å²) in [5, 5.41) is 5.05. The number of thiazole rings is 1. The van der Waals surface area contributed by atoms with Gasteiger partial charge >= 0.3 is 0 Å². The molecule has 1 aliphatic rings. The van der Waals surface area contributed by atoms with Gasteiger partial charge in [-0.2, -0.15) is 0 Å². The van der Waals surface area contributed by atoms with E-state index in [4.69, 9.17) is 0 Å². The van der Waals surface area contributed by atoms with Gasteiger partial charge < -0.3 is 5.32 Å².